The van der Waals surface area contributed by atoms with Gasteiger partial charge in [-0.05, 0) is 19.5 Å². The number of carboxylic acids is 1. The molecular formula is C12H25N3O4. The zero-order valence-corrected chi connectivity index (χ0v) is 12.1. The molecule has 4 N–H and O–H groups in total. The van der Waals surface area contributed by atoms with Gasteiger partial charge in [0.05, 0.1) is 0 Å². The minimum Gasteiger partial charge on any atom is -0.479 e. The molecule has 0 aromatic heterocycles. The van der Waals surface area contributed by atoms with Crippen molar-refractivity contribution in [2.75, 3.05) is 33.7 Å². The summed E-state index contributed by atoms with van der Waals surface area (Å²) >= 11 is 0. The van der Waals surface area contributed by atoms with Gasteiger partial charge < -0.3 is 25.7 Å². The van der Waals surface area contributed by atoms with E-state index < -0.39 is 12.1 Å². The van der Waals surface area contributed by atoms with Crippen LogP contribution in [0.25, 0.3) is 0 Å². The number of urea groups is 1. The lowest BCUT2D eigenvalue weighted by molar-refractivity contribution is -0.146. The molecule has 0 saturated carbocycles. The summed E-state index contributed by atoms with van der Waals surface area (Å²) in [6.07, 6.45) is -1.45. The Hall–Kier alpha value is -1.34. The molecule has 19 heavy (non-hydrogen) atoms. The third-order valence-corrected chi connectivity index (χ3v) is 2.46. The molecule has 0 radical (unpaired) electrons. The van der Waals surface area contributed by atoms with Gasteiger partial charge in [-0.3, -0.25) is 0 Å². The molecule has 0 aliphatic rings. The third kappa shape index (κ3) is 9.26. The highest BCUT2D eigenvalue weighted by Gasteiger charge is 2.19. The minimum absolute atomic E-state index is 0.0101. The second-order valence-corrected chi connectivity index (χ2v) is 5.65. The zero-order valence-electron chi connectivity index (χ0n) is 12.1. The maximum absolute atomic E-state index is 11.5. The van der Waals surface area contributed by atoms with Crippen LogP contribution in [-0.2, 0) is 4.79 Å². The van der Waals surface area contributed by atoms with E-state index in [0.29, 0.717) is 6.54 Å². The first kappa shape index (κ1) is 17.7. The molecule has 0 spiro atoms. The van der Waals surface area contributed by atoms with E-state index in [-0.39, 0.29) is 24.4 Å². The summed E-state index contributed by atoms with van der Waals surface area (Å²) in [4.78, 5) is 23.9. The molecule has 112 valence electrons. The Bertz CT molecular complexity index is 305. The summed E-state index contributed by atoms with van der Waals surface area (Å²) in [5.41, 5.74) is -0.0541. The van der Waals surface area contributed by atoms with E-state index in [2.05, 4.69) is 10.6 Å². The molecule has 0 rings (SSSR count). The summed E-state index contributed by atoms with van der Waals surface area (Å²) in [7, 11) is 3.93. The first-order valence-corrected chi connectivity index (χ1v) is 6.21. The van der Waals surface area contributed by atoms with Gasteiger partial charge >= 0.3 is 12.0 Å². The van der Waals surface area contributed by atoms with Crippen LogP contribution in [0, 0.1) is 5.41 Å². The maximum atomic E-state index is 11.5. The topological polar surface area (TPSA) is 102 Å². The first-order valence-electron chi connectivity index (χ1n) is 6.21. The molecule has 0 bridgehead atoms. The summed E-state index contributed by atoms with van der Waals surface area (Å²) < 4.78 is 0. The van der Waals surface area contributed by atoms with E-state index in [4.69, 9.17) is 10.2 Å². The van der Waals surface area contributed by atoms with Crippen LogP contribution >= 0.6 is 0 Å². The van der Waals surface area contributed by atoms with Crippen LogP contribution in [0.4, 0.5) is 4.79 Å². The van der Waals surface area contributed by atoms with Crippen molar-refractivity contribution in [3.05, 3.63) is 0 Å². The zero-order chi connectivity index (χ0) is 15.1. The van der Waals surface area contributed by atoms with Crippen molar-refractivity contribution in [1.29, 1.82) is 0 Å². The van der Waals surface area contributed by atoms with E-state index in [1.807, 2.05) is 32.8 Å². The lowest BCUT2D eigenvalue weighted by Gasteiger charge is -2.28. The van der Waals surface area contributed by atoms with Crippen LogP contribution in [0.5, 0.6) is 0 Å². The quantitative estimate of drug-likeness (QED) is 0.487. The van der Waals surface area contributed by atoms with Crippen molar-refractivity contribution in [2.24, 2.45) is 5.41 Å². The highest BCUT2D eigenvalue weighted by atomic mass is 16.4. The third-order valence-electron chi connectivity index (χ3n) is 2.46. The van der Waals surface area contributed by atoms with Crippen molar-refractivity contribution < 1.29 is 19.8 Å². The smallest absolute Gasteiger partial charge is 0.332 e. The van der Waals surface area contributed by atoms with Gasteiger partial charge in [0, 0.05) is 26.1 Å². The Balaban J connectivity index is 3.84. The van der Waals surface area contributed by atoms with Crippen LogP contribution in [0.1, 0.15) is 20.3 Å². The van der Waals surface area contributed by atoms with Gasteiger partial charge in [0.15, 0.2) is 6.10 Å². The van der Waals surface area contributed by atoms with Gasteiger partial charge in [0.25, 0.3) is 0 Å². The monoisotopic (exact) mass is 275 g/mol. The summed E-state index contributed by atoms with van der Waals surface area (Å²) in [5.74, 6) is -1.28. The number of carbonyl (C=O) groups excluding carboxylic acids is 1. The number of nitrogens with one attached hydrogen (secondary N) is 2. The standard InChI is InChI=1S/C12H25N3O4/c1-12(2,8-15(3)4)7-14-11(19)13-6-5-9(16)10(17)18/h9,16H,5-8H2,1-4H3,(H,17,18)(H2,13,14,19). The molecule has 7 nitrogen and oxygen atoms in total. The van der Waals surface area contributed by atoms with E-state index in [0.717, 1.165) is 6.54 Å². The van der Waals surface area contributed by atoms with Gasteiger partial charge in [-0.2, -0.15) is 0 Å². The molecule has 0 aliphatic carbocycles. The fourth-order valence-electron chi connectivity index (χ4n) is 1.74. The second kappa shape index (κ2) is 7.96. The van der Waals surface area contributed by atoms with Gasteiger partial charge in [0.2, 0.25) is 0 Å². The number of carboxylic acid groups (broad SMARTS) is 1. The van der Waals surface area contributed by atoms with Gasteiger partial charge in [-0.25, -0.2) is 9.59 Å². The van der Waals surface area contributed by atoms with Crippen LogP contribution in [0.15, 0.2) is 0 Å². The predicted octanol–water partition coefficient (Wildman–Crippen LogP) is -0.291. The van der Waals surface area contributed by atoms with Crippen molar-refractivity contribution >= 4 is 12.0 Å². The van der Waals surface area contributed by atoms with Crippen molar-refractivity contribution in [3.63, 3.8) is 0 Å². The van der Waals surface area contributed by atoms with Crippen LogP contribution < -0.4 is 10.6 Å². The lowest BCUT2D eigenvalue weighted by Crippen LogP contribution is -2.44. The Morgan fingerprint density at radius 2 is 1.84 bits per heavy atom. The highest BCUT2D eigenvalue weighted by molar-refractivity contribution is 5.74. The molecule has 0 saturated heterocycles. The Kier molecular flexibility index (Phi) is 7.40. The second-order valence-electron chi connectivity index (χ2n) is 5.65. The number of carbonyl (C=O) groups is 2. The summed E-state index contributed by atoms with van der Waals surface area (Å²) in [6.45, 7) is 5.56. The largest absolute Gasteiger partial charge is 0.479 e. The van der Waals surface area contributed by atoms with Gasteiger partial charge in [0.1, 0.15) is 0 Å². The van der Waals surface area contributed by atoms with Gasteiger partial charge in [-0.15, -0.1) is 0 Å². The predicted molar refractivity (Wildman–Crippen MR) is 72.0 cm³/mol. The number of aliphatic hydroxyl groups is 1. The van der Waals surface area contributed by atoms with E-state index in [9.17, 15) is 9.59 Å². The number of amides is 2. The number of nitrogens with zero attached hydrogens (tertiary/aromatic N) is 1. The minimum atomic E-state index is -1.44. The van der Waals surface area contributed by atoms with Gasteiger partial charge in [-0.1, -0.05) is 13.8 Å². The Morgan fingerprint density at radius 1 is 1.26 bits per heavy atom. The first-order chi connectivity index (χ1) is 8.64. The normalized spacial score (nSPS) is 13.2. The van der Waals surface area contributed by atoms with Crippen molar-refractivity contribution in [2.45, 2.75) is 26.4 Å². The molecule has 0 aromatic rings. The number of hydrogen-bond acceptors (Lipinski definition) is 4. The molecule has 0 aliphatic heterocycles. The highest BCUT2D eigenvalue weighted by Crippen LogP contribution is 2.13. The molecule has 1 unspecified atom stereocenters. The Labute approximate surface area is 114 Å². The van der Waals surface area contributed by atoms with Crippen LogP contribution in [0.3, 0.4) is 0 Å². The van der Waals surface area contributed by atoms with Crippen molar-refractivity contribution in [1.82, 2.24) is 15.5 Å². The number of aliphatic carboxylic acids is 1. The lowest BCUT2D eigenvalue weighted by atomic mass is 9.93. The molecule has 0 aromatic carbocycles. The molecule has 7 heteroatoms. The number of aliphatic hydroxyl groups excluding tert-OH is 1. The Morgan fingerprint density at radius 3 is 2.32 bits per heavy atom. The van der Waals surface area contributed by atoms with Crippen LogP contribution in [-0.4, -0.2) is 66.9 Å². The van der Waals surface area contributed by atoms with Crippen LogP contribution in [0.2, 0.25) is 0 Å². The van der Waals surface area contributed by atoms with Crippen molar-refractivity contribution in [3.8, 4) is 0 Å². The number of hydrogen-bond donors (Lipinski definition) is 4. The SMILES string of the molecule is CN(C)CC(C)(C)CNC(=O)NCCC(O)C(=O)O. The molecular weight excluding hydrogens is 250 g/mol. The molecule has 0 fully saturated rings. The average Bonchev–Trinajstić information content (AvgIpc) is 2.24. The van der Waals surface area contributed by atoms with E-state index >= 15 is 0 Å². The van der Waals surface area contributed by atoms with E-state index in [1.165, 1.54) is 0 Å². The molecule has 2 amide bonds. The maximum Gasteiger partial charge on any atom is 0.332 e. The summed E-state index contributed by atoms with van der Waals surface area (Å²) in [6, 6.07) is -0.357. The fraction of sp³-hybridized carbons (Fsp3) is 0.833. The summed E-state index contributed by atoms with van der Waals surface area (Å²) in [5, 5.41) is 22.7. The molecule has 0 heterocycles. The molecule has 1 atom stereocenters. The fourth-order valence-corrected chi connectivity index (χ4v) is 1.74. The van der Waals surface area contributed by atoms with E-state index in [1.54, 1.807) is 0 Å². The average molecular weight is 275 g/mol. The number of rotatable bonds is 8.